The van der Waals surface area contributed by atoms with Gasteiger partial charge in [0, 0.05) is 58.8 Å². The molecule has 148 valence electrons. The monoisotopic (exact) mass is 375 g/mol. The molecule has 0 aliphatic carbocycles. The predicted molar refractivity (Wildman–Crippen MR) is 104 cm³/mol. The minimum atomic E-state index is -0.164. The van der Waals surface area contributed by atoms with Crippen molar-refractivity contribution in [1.29, 1.82) is 0 Å². The Hall–Kier alpha value is -2.45. The summed E-state index contributed by atoms with van der Waals surface area (Å²) >= 11 is 0. The highest BCUT2D eigenvalue weighted by molar-refractivity contribution is 5.92. The SMILES string of the molecule is CN(C)NC(=O)CCC(=O)N1CCCN(CC(=O)Nc2ccccc2)CC1. The third-order valence-electron chi connectivity index (χ3n) is 4.28. The van der Waals surface area contributed by atoms with Gasteiger partial charge in [0.15, 0.2) is 0 Å². The average molecular weight is 375 g/mol. The van der Waals surface area contributed by atoms with E-state index < -0.39 is 0 Å². The van der Waals surface area contributed by atoms with Crippen molar-refractivity contribution >= 4 is 23.4 Å². The summed E-state index contributed by atoms with van der Waals surface area (Å²) in [6.45, 7) is 2.96. The molecule has 27 heavy (non-hydrogen) atoms. The van der Waals surface area contributed by atoms with Gasteiger partial charge < -0.3 is 10.2 Å². The van der Waals surface area contributed by atoms with Crippen LogP contribution in [0.25, 0.3) is 0 Å². The summed E-state index contributed by atoms with van der Waals surface area (Å²) in [5.41, 5.74) is 3.42. The number of nitrogens with one attached hydrogen (secondary N) is 2. The molecule has 1 saturated heterocycles. The Balaban J connectivity index is 1.73. The fraction of sp³-hybridized carbons (Fsp3) is 0.526. The summed E-state index contributed by atoms with van der Waals surface area (Å²) in [6.07, 6.45) is 1.19. The lowest BCUT2D eigenvalue weighted by Crippen LogP contribution is -2.39. The minimum absolute atomic E-state index is 0.0144. The Labute approximate surface area is 160 Å². The van der Waals surface area contributed by atoms with Gasteiger partial charge in [-0.15, -0.1) is 0 Å². The molecule has 0 unspecified atom stereocenters. The van der Waals surface area contributed by atoms with E-state index in [1.54, 1.807) is 24.0 Å². The van der Waals surface area contributed by atoms with Crippen LogP contribution in [0, 0.1) is 0 Å². The van der Waals surface area contributed by atoms with E-state index in [0.717, 1.165) is 18.7 Å². The Morgan fingerprint density at radius 2 is 1.70 bits per heavy atom. The fourth-order valence-electron chi connectivity index (χ4n) is 2.99. The van der Waals surface area contributed by atoms with E-state index in [4.69, 9.17) is 0 Å². The van der Waals surface area contributed by atoms with E-state index >= 15 is 0 Å². The summed E-state index contributed by atoms with van der Waals surface area (Å²) in [4.78, 5) is 40.0. The van der Waals surface area contributed by atoms with Gasteiger partial charge in [-0.25, -0.2) is 5.01 Å². The van der Waals surface area contributed by atoms with Gasteiger partial charge in [0.1, 0.15) is 0 Å². The van der Waals surface area contributed by atoms with Gasteiger partial charge in [-0.3, -0.25) is 24.7 Å². The molecule has 0 aromatic heterocycles. The number of hydrazine groups is 1. The molecular weight excluding hydrogens is 346 g/mol. The van der Waals surface area contributed by atoms with E-state index in [-0.39, 0.29) is 30.6 Å². The second-order valence-electron chi connectivity index (χ2n) is 6.85. The first-order chi connectivity index (χ1) is 12.9. The lowest BCUT2D eigenvalue weighted by molar-refractivity contribution is -0.134. The molecule has 1 aromatic rings. The van der Waals surface area contributed by atoms with Crippen molar-refractivity contribution in [2.24, 2.45) is 0 Å². The molecule has 0 bridgehead atoms. The van der Waals surface area contributed by atoms with Crippen molar-refractivity contribution in [2.45, 2.75) is 19.3 Å². The second kappa shape index (κ2) is 10.6. The molecule has 0 radical (unpaired) electrons. The number of rotatable bonds is 7. The zero-order chi connectivity index (χ0) is 19.6. The number of carbonyl (C=O) groups excluding carboxylic acids is 3. The Bertz CT molecular complexity index is 635. The molecule has 0 spiro atoms. The quantitative estimate of drug-likeness (QED) is 0.679. The lowest BCUT2D eigenvalue weighted by atomic mass is 10.2. The normalized spacial score (nSPS) is 15.3. The lowest BCUT2D eigenvalue weighted by Gasteiger charge is -2.22. The van der Waals surface area contributed by atoms with Crippen LogP contribution in [0.3, 0.4) is 0 Å². The molecule has 1 heterocycles. The third kappa shape index (κ3) is 7.76. The van der Waals surface area contributed by atoms with Crippen molar-refractivity contribution in [3.63, 3.8) is 0 Å². The number of hydrogen-bond acceptors (Lipinski definition) is 5. The largest absolute Gasteiger partial charge is 0.341 e. The smallest absolute Gasteiger partial charge is 0.238 e. The first-order valence-corrected chi connectivity index (χ1v) is 9.26. The zero-order valence-electron chi connectivity index (χ0n) is 16.1. The van der Waals surface area contributed by atoms with Crippen LogP contribution in [0.4, 0.5) is 5.69 Å². The number of carbonyl (C=O) groups is 3. The molecule has 0 saturated carbocycles. The van der Waals surface area contributed by atoms with Crippen molar-refractivity contribution in [2.75, 3.05) is 52.1 Å². The summed E-state index contributed by atoms with van der Waals surface area (Å²) in [7, 11) is 3.47. The van der Waals surface area contributed by atoms with Gasteiger partial charge in [0.2, 0.25) is 17.7 Å². The van der Waals surface area contributed by atoms with Gasteiger partial charge in [-0.05, 0) is 18.6 Å². The number of amides is 3. The van der Waals surface area contributed by atoms with Gasteiger partial charge in [0.05, 0.1) is 6.54 Å². The van der Waals surface area contributed by atoms with E-state index in [9.17, 15) is 14.4 Å². The number of nitrogens with zero attached hydrogens (tertiary/aromatic N) is 3. The van der Waals surface area contributed by atoms with Crippen LogP contribution in [-0.4, -0.2) is 79.3 Å². The number of benzene rings is 1. The van der Waals surface area contributed by atoms with Crippen molar-refractivity contribution in [3.8, 4) is 0 Å². The minimum Gasteiger partial charge on any atom is -0.341 e. The fourth-order valence-corrected chi connectivity index (χ4v) is 2.99. The van der Waals surface area contributed by atoms with Crippen molar-refractivity contribution < 1.29 is 14.4 Å². The van der Waals surface area contributed by atoms with Crippen molar-refractivity contribution in [1.82, 2.24) is 20.2 Å². The van der Waals surface area contributed by atoms with Gasteiger partial charge in [-0.2, -0.15) is 0 Å². The molecule has 3 amide bonds. The standard InChI is InChI=1S/C19H29N5O3/c1-22(2)21-17(25)9-10-19(27)24-12-6-11-23(13-14-24)15-18(26)20-16-7-4-3-5-8-16/h3-5,7-8H,6,9-15H2,1-2H3,(H,20,26)(H,21,25). The third-order valence-corrected chi connectivity index (χ3v) is 4.28. The second-order valence-corrected chi connectivity index (χ2v) is 6.85. The predicted octanol–water partition coefficient (Wildman–Crippen LogP) is 0.532. The molecule has 8 nitrogen and oxygen atoms in total. The summed E-state index contributed by atoms with van der Waals surface area (Å²) < 4.78 is 0. The van der Waals surface area contributed by atoms with Gasteiger partial charge in [0.25, 0.3) is 0 Å². The molecule has 8 heteroatoms. The molecule has 1 aromatic carbocycles. The summed E-state index contributed by atoms with van der Waals surface area (Å²) in [5.74, 6) is -0.233. The molecule has 2 N–H and O–H groups in total. The summed E-state index contributed by atoms with van der Waals surface area (Å²) in [5, 5.41) is 4.45. The van der Waals surface area contributed by atoms with E-state index in [2.05, 4.69) is 15.6 Å². The molecule has 1 aliphatic rings. The highest BCUT2D eigenvalue weighted by Crippen LogP contribution is 2.08. The van der Waals surface area contributed by atoms with E-state index in [1.165, 1.54) is 0 Å². The maximum absolute atomic E-state index is 12.3. The van der Waals surface area contributed by atoms with Crippen molar-refractivity contribution in [3.05, 3.63) is 30.3 Å². The first-order valence-electron chi connectivity index (χ1n) is 9.26. The highest BCUT2D eigenvalue weighted by atomic mass is 16.2. The topological polar surface area (TPSA) is 85.0 Å². The van der Waals surface area contributed by atoms with E-state index in [1.807, 2.05) is 30.3 Å². The van der Waals surface area contributed by atoms with Crippen LogP contribution in [0.1, 0.15) is 19.3 Å². The Kier molecular flexibility index (Phi) is 8.22. The molecule has 0 atom stereocenters. The van der Waals surface area contributed by atoms with Crippen LogP contribution >= 0.6 is 0 Å². The van der Waals surface area contributed by atoms with Crippen LogP contribution < -0.4 is 10.7 Å². The number of para-hydroxylation sites is 1. The van der Waals surface area contributed by atoms with Crippen LogP contribution in [0.15, 0.2) is 30.3 Å². The molecule has 2 rings (SSSR count). The summed E-state index contributed by atoms with van der Waals surface area (Å²) in [6, 6.07) is 9.37. The Morgan fingerprint density at radius 3 is 2.41 bits per heavy atom. The maximum atomic E-state index is 12.3. The van der Waals surface area contributed by atoms with Crippen LogP contribution in [-0.2, 0) is 14.4 Å². The number of anilines is 1. The maximum Gasteiger partial charge on any atom is 0.238 e. The van der Waals surface area contributed by atoms with Gasteiger partial charge >= 0.3 is 0 Å². The van der Waals surface area contributed by atoms with E-state index in [0.29, 0.717) is 26.2 Å². The van der Waals surface area contributed by atoms with Crippen LogP contribution in [0.2, 0.25) is 0 Å². The molecule has 1 fully saturated rings. The highest BCUT2D eigenvalue weighted by Gasteiger charge is 2.21. The molecular formula is C19H29N5O3. The van der Waals surface area contributed by atoms with Crippen LogP contribution in [0.5, 0.6) is 0 Å². The average Bonchev–Trinajstić information content (AvgIpc) is 2.85. The number of hydrogen-bond donors (Lipinski definition) is 2. The Morgan fingerprint density at radius 1 is 0.963 bits per heavy atom. The van der Waals surface area contributed by atoms with Gasteiger partial charge in [-0.1, -0.05) is 18.2 Å². The first kappa shape index (κ1) is 20.9. The molecule has 1 aliphatic heterocycles. The zero-order valence-corrected chi connectivity index (χ0v) is 16.1.